The van der Waals surface area contributed by atoms with Gasteiger partial charge in [0.05, 0.1) is 0 Å². The summed E-state index contributed by atoms with van der Waals surface area (Å²) in [6.07, 6.45) is 2.88. The number of thiophene rings is 1. The Labute approximate surface area is 150 Å². The average molecular weight is 378 g/mol. The van der Waals surface area contributed by atoms with Gasteiger partial charge < -0.3 is 4.98 Å². The first-order valence-corrected chi connectivity index (χ1v) is 10.7. The Bertz CT molecular complexity index is 1040. The summed E-state index contributed by atoms with van der Waals surface area (Å²) in [5, 5.41) is 0.850. The van der Waals surface area contributed by atoms with Gasteiger partial charge in [0.2, 0.25) is 10.0 Å². The van der Waals surface area contributed by atoms with E-state index in [2.05, 4.69) is 9.71 Å². The van der Waals surface area contributed by atoms with Crippen LogP contribution in [0.15, 0.2) is 34.5 Å². The van der Waals surface area contributed by atoms with Crippen molar-refractivity contribution in [1.82, 2.24) is 9.71 Å². The van der Waals surface area contributed by atoms with Crippen molar-refractivity contribution < 1.29 is 12.8 Å². The second-order valence-corrected chi connectivity index (χ2v) is 9.52. The third kappa shape index (κ3) is 3.12. The molecule has 0 saturated carbocycles. The standard InChI is InChI=1S/C18H19FN2O2S2/c1-2-13-5-8-18(24-13)25(22,23)21-12-4-7-17-15(10-12)14-9-11(19)3-6-16(14)20-17/h3,5-6,8-9,12,20-21H,2,4,7,10H2,1H3. The van der Waals surface area contributed by atoms with E-state index in [0.29, 0.717) is 10.6 Å². The van der Waals surface area contributed by atoms with E-state index in [1.165, 1.54) is 23.5 Å². The van der Waals surface area contributed by atoms with Gasteiger partial charge in [-0.25, -0.2) is 17.5 Å². The molecule has 0 aliphatic heterocycles. The minimum absolute atomic E-state index is 0.174. The van der Waals surface area contributed by atoms with Gasteiger partial charge in [-0.3, -0.25) is 0 Å². The molecular formula is C18H19FN2O2S2. The molecule has 3 aromatic rings. The number of benzene rings is 1. The molecule has 0 radical (unpaired) electrons. The molecule has 2 heterocycles. The van der Waals surface area contributed by atoms with Crippen LogP contribution < -0.4 is 4.72 Å². The lowest BCUT2D eigenvalue weighted by molar-refractivity contribution is 0.507. The number of aromatic amines is 1. The summed E-state index contributed by atoms with van der Waals surface area (Å²) in [4.78, 5) is 4.38. The van der Waals surface area contributed by atoms with Crippen molar-refractivity contribution in [3.05, 3.63) is 52.3 Å². The zero-order valence-electron chi connectivity index (χ0n) is 13.8. The van der Waals surface area contributed by atoms with Crippen molar-refractivity contribution in [1.29, 1.82) is 0 Å². The molecule has 132 valence electrons. The molecule has 4 nitrogen and oxygen atoms in total. The van der Waals surface area contributed by atoms with E-state index in [4.69, 9.17) is 0 Å². The molecular weight excluding hydrogens is 359 g/mol. The number of halogens is 1. The molecule has 1 atom stereocenters. The molecule has 0 saturated heterocycles. The van der Waals surface area contributed by atoms with Crippen LogP contribution in [0.25, 0.3) is 10.9 Å². The van der Waals surface area contributed by atoms with Crippen molar-refractivity contribution in [2.24, 2.45) is 0 Å². The van der Waals surface area contributed by atoms with Crippen molar-refractivity contribution >= 4 is 32.3 Å². The van der Waals surface area contributed by atoms with Crippen LogP contribution in [-0.2, 0) is 29.3 Å². The SMILES string of the molecule is CCc1ccc(S(=O)(=O)NC2CCc3[nH]c4ccc(F)cc4c3C2)s1. The minimum Gasteiger partial charge on any atom is -0.358 e. The van der Waals surface area contributed by atoms with Crippen LogP contribution in [0.5, 0.6) is 0 Å². The summed E-state index contributed by atoms with van der Waals surface area (Å²) in [5.41, 5.74) is 3.01. The number of aromatic nitrogens is 1. The van der Waals surface area contributed by atoms with Gasteiger partial charge in [-0.1, -0.05) is 6.92 Å². The van der Waals surface area contributed by atoms with Gasteiger partial charge in [0, 0.05) is 27.5 Å². The molecule has 1 aliphatic rings. The molecule has 0 spiro atoms. The van der Waals surface area contributed by atoms with E-state index in [9.17, 15) is 12.8 Å². The van der Waals surface area contributed by atoms with Crippen molar-refractivity contribution in [3.63, 3.8) is 0 Å². The zero-order chi connectivity index (χ0) is 17.6. The van der Waals surface area contributed by atoms with Crippen LogP contribution in [0.2, 0.25) is 0 Å². The van der Waals surface area contributed by atoms with E-state index >= 15 is 0 Å². The van der Waals surface area contributed by atoms with Crippen LogP contribution >= 0.6 is 11.3 Å². The van der Waals surface area contributed by atoms with Crippen molar-refractivity contribution in [3.8, 4) is 0 Å². The summed E-state index contributed by atoms with van der Waals surface area (Å²) in [7, 11) is -3.51. The fourth-order valence-corrected chi connectivity index (χ4v) is 6.04. The number of sulfonamides is 1. The van der Waals surface area contributed by atoms with E-state index in [0.717, 1.165) is 46.3 Å². The largest absolute Gasteiger partial charge is 0.358 e. The first-order chi connectivity index (χ1) is 12.0. The van der Waals surface area contributed by atoms with E-state index in [-0.39, 0.29) is 11.9 Å². The molecule has 7 heteroatoms. The van der Waals surface area contributed by atoms with Crippen molar-refractivity contribution in [2.45, 2.75) is 42.9 Å². The number of hydrogen-bond donors (Lipinski definition) is 2. The van der Waals surface area contributed by atoms with Crippen LogP contribution in [0.3, 0.4) is 0 Å². The molecule has 4 rings (SSSR count). The Kier molecular flexibility index (Phi) is 4.17. The highest BCUT2D eigenvalue weighted by molar-refractivity contribution is 7.91. The predicted octanol–water partition coefficient (Wildman–Crippen LogP) is 3.77. The van der Waals surface area contributed by atoms with Gasteiger partial charge in [0.15, 0.2) is 0 Å². The molecule has 25 heavy (non-hydrogen) atoms. The number of nitrogens with one attached hydrogen (secondary N) is 2. The lowest BCUT2D eigenvalue weighted by Gasteiger charge is -2.23. The molecule has 0 fully saturated rings. The number of rotatable bonds is 4. The number of fused-ring (bicyclic) bond motifs is 3. The van der Waals surface area contributed by atoms with Crippen LogP contribution in [0.1, 0.15) is 29.5 Å². The normalized spacial score (nSPS) is 17.8. The first-order valence-electron chi connectivity index (χ1n) is 8.36. The summed E-state index contributed by atoms with van der Waals surface area (Å²) >= 11 is 1.31. The van der Waals surface area contributed by atoms with Crippen LogP contribution in [0, 0.1) is 5.82 Å². The van der Waals surface area contributed by atoms with Gasteiger partial charge in [0.1, 0.15) is 10.0 Å². The van der Waals surface area contributed by atoms with E-state index in [1.54, 1.807) is 12.1 Å². The highest BCUT2D eigenvalue weighted by atomic mass is 32.2. The molecule has 0 amide bonds. The van der Waals surface area contributed by atoms with Gasteiger partial charge in [-0.05, 0) is 61.6 Å². The zero-order valence-corrected chi connectivity index (χ0v) is 15.4. The highest BCUT2D eigenvalue weighted by Gasteiger charge is 2.27. The number of H-pyrrole nitrogens is 1. The quantitative estimate of drug-likeness (QED) is 0.726. The molecule has 2 aromatic heterocycles. The maximum absolute atomic E-state index is 13.6. The maximum Gasteiger partial charge on any atom is 0.250 e. The Morgan fingerprint density at radius 3 is 2.92 bits per heavy atom. The fourth-order valence-electron chi connectivity index (χ4n) is 3.46. The average Bonchev–Trinajstić information content (AvgIpc) is 3.19. The molecule has 1 aliphatic carbocycles. The van der Waals surface area contributed by atoms with Gasteiger partial charge in [-0.15, -0.1) is 11.3 Å². The van der Waals surface area contributed by atoms with Gasteiger partial charge >= 0.3 is 0 Å². The Hall–Kier alpha value is -1.70. The number of hydrogen-bond acceptors (Lipinski definition) is 3. The molecule has 0 bridgehead atoms. The summed E-state index contributed by atoms with van der Waals surface area (Å²) in [6, 6.07) is 8.05. The summed E-state index contributed by atoms with van der Waals surface area (Å²) < 4.78 is 42.0. The second kappa shape index (κ2) is 6.23. The Morgan fingerprint density at radius 2 is 2.16 bits per heavy atom. The fraction of sp³-hybridized carbons (Fsp3) is 0.333. The third-order valence-electron chi connectivity index (χ3n) is 4.72. The van der Waals surface area contributed by atoms with Gasteiger partial charge in [-0.2, -0.15) is 0 Å². The van der Waals surface area contributed by atoms with Gasteiger partial charge in [0.25, 0.3) is 0 Å². The maximum atomic E-state index is 13.6. The van der Waals surface area contributed by atoms with Crippen LogP contribution in [0.4, 0.5) is 4.39 Å². The van der Waals surface area contributed by atoms with Crippen LogP contribution in [-0.4, -0.2) is 19.4 Å². The topological polar surface area (TPSA) is 62.0 Å². The van der Waals surface area contributed by atoms with Crippen molar-refractivity contribution in [2.75, 3.05) is 0 Å². The number of aryl methyl sites for hydroxylation is 2. The first kappa shape index (κ1) is 16.8. The summed E-state index contributed by atoms with van der Waals surface area (Å²) in [6.45, 7) is 2.01. The smallest absolute Gasteiger partial charge is 0.250 e. The van der Waals surface area contributed by atoms with E-state index < -0.39 is 10.0 Å². The highest BCUT2D eigenvalue weighted by Crippen LogP contribution is 2.31. The Morgan fingerprint density at radius 1 is 1.32 bits per heavy atom. The monoisotopic (exact) mass is 378 g/mol. The van der Waals surface area contributed by atoms with E-state index in [1.807, 2.05) is 13.0 Å². The minimum atomic E-state index is -3.51. The third-order valence-corrected chi connectivity index (χ3v) is 7.96. The molecule has 1 unspecified atom stereocenters. The lowest BCUT2D eigenvalue weighted by atomic mass is 9.92. The summed E-state index contributed by atoms with van der Waals surface area (Å²) in [5.74, 6) is -0.275. The lowest BCUT2D eigenvalue weighted by Crippen LogP contribution is -2.38. The second-order valence-electron chi connectivity index (χ2n) is 6.41. The Balaban J connectivity index is 1.60. The predicted molar refractivity (Wildman–Crippen MR) is 98.1 cm³/mol. The molecule has 2 N–H and O–H groups in total. The molecule has 1 aromatic carbocycles.